The molecule has 1 aliphatic heterocycles. The number of aryl methyl sites for hydroxylation is 1. The number of rotatable bonds is 6. The topological polar surface area (TPSA) is 47.6 Å². The monoisotopic (exact) mass is 249 g/mol. The van der Waals surface area contributed by atoms with Crippen LogP contribution in [0.25, 0.3) is 0 Å². The van der Waals surface area contributed by atoms with Gasteiger partial charge in [0.2, 0.25) is 5.91 Å². The lowest BCUT2D eigenvalue weighted by Crippen LogP contribution is -2.48. The second-order valence-electron chi connectivity index (χ2n) is 4.34. The number of para-hydroxylation sites is 1. The molecule has 98 valence electrons. The predicted octanol–water partition coefficient (Wildman–Crippen LogP) is 1.53. The number of hydrogen-bond donors (Lipinski definition) is 1. The lowest BCUT2D eigenvalue weighted by molar-refractivity contribution is -0.125. The molecule has 0 saturated carbocycles. The van der Waals surface area contributed by atoms with E-state index in [1.165, 1.54) is 0 Å². The van der Waals surface area contributed by atoms with Crippen LogP contribution in [0.4, 0.5) is 0 Å². The molecule has 0 radical (unpaired) electrons. The average Bonchev–Trinajstić information content (AvgIpc) is 2.33. The molecule has 1 aromatic rings. The van der Waals surface area contributed by atoms with Gasteiger partial charge in [0.25, 0.3) is 0 Å². The fourth-order valence-corrected chi connectivity index (χ4v) is 1.87. The van der Waals surface area contributed by atoms with Crippen LogP contribution in [-0.4, -0.2) is 31.8 Å². The quantitative estimate of drug-likeness (QED) is 0.831. The number of hydrogen-bond acceptors (Lipinski definition) is 3. The van der Waals surface area contributed by atoms with Crippen LogP contribution in [0.3, 0.4) is 0 Å². The van der Waals surface area contributed by atoms with Crippen molar-refractivity contribution in [2.24, 2.45) is 0 Å². The van der Waals surface area contributed by atoms with E-state index in [0.717, 1.165) is 11.3 Å². The summed E-state index contributed by atoms with van der Waals surface area (Å²) in [6, 6.07) is 8.07. The smallest absolute Gasteiger partial charge is 0.220 e. The molecule has 1 aliphatic rings. The molecule has 1 amide bonds. The van der Waals surface area contributed by atoms with E-state index in [2.05, 4.69) is 5.32 Å². The van der Waals surface area contributed by atoms with E-state index >= 15 is 0 Å². The van der Waals surface area contributed by atoms with Crippen molar-refractivity contribution in [1.29, 1.82) is 0 Å². The SMILES string of the molecule is CCOc1ccccc1CCC(=O)NC1COC1. The summed E-state index contributed by atoms with van der Waals surface area (Å²) in [5.74, 6) is 0.953. The Bertz CT molecular complexity index is 402. The summed E-state index contributed by atoms with van der Waals surface area (Å²) in [6.07, 6.45) is 1.19. The van der Waals surface area contributed by atoms with Crippen LogP contribution in [0.2, 0.25) is 0 Å². The molecular weight excluding hydrogens is 230 g/mol. The van der Waals surface area contributed by atoms with Gasteiger partial charge in [-0.1, -0.05) is 18.2 Å². The van der Waals surface area contributed by atoms with Crippen molar-refractivity contribution in [3.8, 4) is 5.75 Å². The van der Waals surface area contributed by atoms with Crippen molar-refractivity contribution in [2.75, 3.05) is 19.8 Å². The second kappa shape index (κ2) is 6.40. The van der Waals surface area contributed by atoms with Gasteiger partial charge in [0, 0.05) is 6.42 Å². The molecule has 0 aromatic heterocycles. The standard InChI is InChI=1S/C14H19NO3/c1-2-18-13-6-4-3-5-11(13)7-8-14(16)15-12-9-17-10-12/h3-6,12H,2,7-10H2,1H3,(H,15,16). The van der Waals surface area contributed by atoms with E-state index in [9.17, 15) is 4.79 Å². The summed E-state index contributed by atoms with van der Waals surface area (Å²) in [7, 11) is 0. The Labute approximate surface area is 107 Å². The maximum Gasteiger partial charge on any atom is 0.220 e. The number of nitrogens with one attached hydrogen (secondary N) is 1. The zero-order chi connectivity index (χ0) is 12.8. The van der Waals surface area contributed by atoms with Gasteiger partial charge in [-0.2, -0.15) is 0 Å². The molecule has 1 heterocycles. The second-order valence-corrected chi connectivity index (χ2v) is 4.34. The molecule has 0 atom stereocenters. The van der Waals surface area contributed by atoms with Crippen LogP contribution in [0, 0.1) is 0 Å². The predicted molar refractivity (Wildman–Crippen MR) is 68.7 cm³/mol. The normalized spacial score (nSPS) is 14.9. The lowest BCUT2D eigenvalue weighted by Gasteiger charge is -2.26. The van der Waals surface area contributed by atoms with Crippen molar-refractivity contribution >= 4 is 5.91 Å². The summed E-state index contributed by atoms with van der Waals surface area (Å²) >= 11 is 0. The van der Waals surface area contributed by atoms with Crippen LogP contribution in [0.5, 0.6) is 5.75 Å². The molecule has 4 heteroatoms. The molecule has 18 heavy (non-hydrogen) atoms. The van der Waals surface area contributed by atoms with Crippen molar-refractivity contribution < 1.29 is 14.3 Å². The maximum atomic E-state index is 11.7. The van der Waals surface area contributed by atoms with Crippen molar-refractivity contribution in [3.05, 3.63) is 29.8 Å². The Morgan fingerprint density at radius 3 is 2.89 bits per heavy atom. The maximum absolute atomic E-state index is 11.7. The largest absolute Gasteiger partial charge is 0.494 e. The van der Waals surface area contributed by atoms with E-state index in [-0.39, 0.29) is 11.9 Å². The Hall–Kier alpha value is -1.55. The molecular formula is C14H19NO3. The Balaban J connectivity index is 1.82. The molecule has 1 saturated heterocycles. The minimum absolute atomic E-state index is 0.0783. The molecule has 1 fully saturated rings. The molecule has 0 aliphatic carbocycles. The van der Waals surface area contributed by atoms with Crippen molar-refractivity contribution in [3.63, 3.8) is 0 Å². The molecule has 1 N–H and O–H groups in total. The van der Waals surface area contributed by atoms with Gasteiger partial charge in [-0.25, -0.2) is 0 Å². The number of carbonyl (C=O) groups is 1. The van der Waals surface area contributed by atoms with E-state index in [0.29, 0.717) is 32.7 Å². The number of carbonyl (C=O) groups excluding carboxylic acids is 1. The van der Waals surface area contributed by atoms with Crippen LogP contribution in [0.1, 0.15) is 18.9 Å². The highest BCUT2D eigenvalue weighted by atomic mass is 16.5. The van der Waals surface area contributed by atoms with E-state index in [1.54, 1.807) is 0 Å². The van der Waals surface area contributed by atoms with Crippen molar-refractivity contribution in [2.45, 2.75) is 25.8 Å². The first-order valence-electron chi connectivity index (χ1n) is 6.37. The van der Waals surface area contributed by atoms with Gasteiger partial charge in [-0.15, -0.1) is 0 Å². The summed E-state index contributed by atoms with van der Waals surface area (Å²) in [5.41, 5.74) is 1.08. The van der Waals surface area contributed by atoms with Crippen LogP contribution >= 0.6 is 0 Å². The highest BCUT2D eigenvalue weighted by Gasteiger charge is 2.20. The first kappa shape index (κ1) is 12.9. The Morgan fingerprint density at radius 1 is 1.44 bits per heavy atom. The van der Waals surface area contributed by atoms with Gasteiger partial charge >= 0.3 is 0 Å². The first-order valence-corrected chi connectivity index (χ1v) is 6.37. The van der Waals surface area contributed by atoms with Crippen LogP contribution < -0.4 is 10.1 Å². The molecule has 0 bridgehead atoms. The number of ether oxygens (including phenoxy) is 2. The summed E-state index contributed by atoms with van der Waals surface area (Å²) in [5, 5.41) is 2.93. The summed E-state index contributed by atoms with van der Waals surface area (Å²) in [4.78, 5) is 11.7. The molecule has 4 nitrogen and oxygen atoms in total. The molecule has 1 aromatic carbocycles. The first-order chi connectivity index (χ1) is 8.79. The minimum Gasteiger partial charge on any atom is -0.494 e. The highest BCUT2D eigenvalue weighted by Crippen LogP contribution is 2.19. The minimum atomic E-state index is 0.0783. The molecule has 2 rings (SSSR count). The zero-order valence-corrected chi connectivity index (χ0v) is 10.6. The fraction of sp³-hybridized carbons (Fsp3) is 0.500. The van der Waals surface area contributed by atoms with Crippen LogP contribution in [-0.2, 0) is 16.0 Å². The third kappa shape index (κ3) is 3.47. The summed E-state index contributed by atoms with van der Waals surface area (Å²) < 4.78 is 10.5. The molecule has 0 unspecified atom stereocenters. The Morgan fingerprint density at radius 2 is 2.22 bits per heavy atom. The number of benzene rings is 1. The van der Waals surface area contributed by atoms with Gasteiger partial charge in [0.15, 0.2) is 0 Å². The van der Waals surface area contributed by atoms with E-state index < -0.39 is 0 Å². The van der Waals surface area contributed by atoms with Gasteiger partial charge < -0.3 is 14.8 Å². The fourth-order valence-electron chi connectivity index (χ4n) is 1.87. The van der Waals surface area contributed by atoms with Gasteiger partial charge in [0.05, 0.1) is 25.9 Å². The third-order valence-corrected chi connectivity index (χ3v) is 2.90. The van der Waals surface area contributed by atoms with Gasteiger partial charge in [-0.05, 0) is 25.0 Å². The Kier molecular flexibility index (Phi) is 4.59. The van der Waals surface area contributed by atoms with Crippen LogP contribution in [0.15, 0.2) is 24.3 Å². The zero-order valence-electron chi connectivity index (χ0n) is 10.6. The van der Waals surface area contributed by atoms with E-state index in [4.69, 9.17) is 9.47 Å². The lowest BCUT2D eigenvalue weighted by atomic mass is 10.1. The van der Waals surface area contributed by atoms with E-state index in [1.807, 2.05) is 31.2 Å². The van der Waals surface area contributed by atoms with Gasteiger partial charge in [-0.3, -0.25) is 4.79 Å². The van der Waals surface area contributed by atoms with Gasteiger partial charge in [0.1, 0.15) is 5.75 Å². The van der Waals surface area contributed by atoms with Crippen molar-refractivity contribution in [1.82, 2.24) is 5.32 Å². The summed E-state index contributed by atoms with van der Waals surface area (Å²) in [6.45, 7) is 3.88. The highest BCUT2D eigenvalue weighted by molar-refractivity contribution is 5.76. The third-order valence-electron chi connectivity index (χ3n) is 2.90. The number of amides is 1. The average molecular weight is 249 g/mol. The molecule has 0 spiro atoms.